The first kappa shape index (κ1) is 12.2. The number of hydrogen-bond acceptors (Lipinski definition) is 3. The summed E-state index contributed by atoms with van der Waals surface area (Å²) in [6.07, 6.45) is 4.17. The van der Waals surface area contributed by atoms with E-state index in [9.17, 15) is 8.42 Å². The van der Waals surface area contributed by atoms with E-state index in [2.05, 4.69) is 11.6 Å². The molecule has 4 nitrogen and oxygen atoms in total. The lowest BCUT2D eigenvalue weighted by molar-refractivity contribution is 0.499. The van der Waals surface area contributed by atoms with E-state index in [1.54, 1.807) is 0 Å². The normalized spacial score (nSPS) is 11.7. The molecule has 15 heavy (non-hydrogen) atoms. The van der Waals surface area contributed by atoms with Crippen LogP contribution in [-0.2, 0) is 10.0 Å². The van der Waals surface area contributed by atoms with Crippen molar-refractivity contribution in [3.8, 4) is 0 Å². The molecule has 0 aliphatic heterocycles. The summed E-state index contributed by atoms with van der Waals surface area (Å²) in [5, 5.41) is 0.168. The summed E-state index contributed by atoms with van der Waals surface area (Å²) in [4.78, 5) is 3.75. The van der Waals surface area contributed by atoms with Gasteiger partial charge in [-0.1, -0.05) is 17.7 Å². The van der Waals surface area contributed by atoms with Crippen LogP contribution in [0.3, 0.4) is 0 Å². The second kappa shape index (κ2) is 4.74. The van der Waals surface area contributed by atoms with E-state index in [-0.39, 0.29) is 16.5 Å². The summed E-state index contributed by atoms with van der Waals surface area (Å²) >= 11 is 5.78. The van der Waals surface area contributed by atoms with Gasteiger partial charge in [0.25, 0.3) is 0 Å². The Morgan fingerprint density at radius 2 is 2.33 bits per heavy atom. The first-order valence-electron chi connectivity index (χ1n) is 4.17. The van der Waals surface area contributed by atoms with Crippen molar-refractivity contribution in [1.29, 1.82) is 0 Å². The number of likely N-dealkylation sites (N-methyl/N-ethyl adjacent to an activating group) is 1. The highest BCUT2D eigenvalue weighted by atomic mass is 35.5. The smallest absolute Gasteiger partial charge is 0.246 e. The Morgan fingerprint density at radius 1 is 1.67 bits per heavy atom. The standard InChI is InChI=1S/C9H11ClN2O2S/c1-3-6-12(2)15(13,14)9-7-11-5-4-8(9)10/h3-5,7H,1,6H2,2H3. The fraction of sp³-hybridized carbons (Fsp3) is 0.222. The van der Waals surface area contributed by atoms with E-state index < -0.39 is 10.0 Å². The number of pyridine rings is 1. The van der Waals surface area contributed by atoms with Gasteiger partial charge in [0.05, 0.1) is 5.02 Å². The van der Waals surface area contributed by atoms with E-state index in [0.29, 0.717) is 0 Å². The van der Waals surface area contributed by atoms with Gasteiger partial charge < -0.3 is 0 Å². The third-order valence-corrected chi connectivity index (χ3v) is 4.10. The third kappa shape index (κ3) is 2.56. The molecule has 0 radical (unpaired) electrons. The Labute approximate surface area is 94.2 Å². The van der Waals surface area contributed by atoms with Crippen molar-refractivity contribution in [2.75, 3.05) is 13.6 Å². The summed E-state index contributed by atoms with van der Waals surface area (Å²) in [5.41, 5.74) is 0. The maximum atomic E-state index is 11.9. The van der Waals surface area contributed by atoms with Crippen molar-refractivity contribution in [2.45, 2.75) is 4.90 Å². The maximum Gasteiger partial charge on any atom is 0.246 e. The molecule has 0 saturated heterocycles. The van der Waals surface area contributed by atoms with Crippen LogP contribution in [-0.4, -0.2) is 31.3 Å². The number of aromatic nitrogens is 1. The zero-order valence-electron chi connectivity index (χ0n) is 8.22. The van der Waals surface area contributed by atoms with Crippen LogP contribution in [0.15, 0.2) is 36.0 Å². The van der Waals surface area contributed by atoms with Gasteiger partial charge in [-0.3, -0.25) is 4.98 Å². The molecule has 82 valence electrons. The highest BCUT2D eigenvalue weighted by Gasteiger charge is 2.22. The second-order valence-corrected chi connectivity index (χ2v) is 5.30. The number of hydrogen-bond donors (Lipinski definition) is 0. The van der Waals surface area contributed by atoms with Crippen molar-refractivity contribution < 1.29 is 8.42 Å². The fourth-order valence-electron chi connectivity index (χ4n) is 1.00. The van der Waals surface area contributed by atoms with Gasteiger partial charge in [-0.05, 0) is 6.07 Å². The Bertz CT molecular complexity index is 459. The minimum absolute atomic E-state index is 0.0102. The summed E-state index contributed by atoms with van der Waals surface area (Å²) < 4.78 is 24.9. The van der Waals surface area contributed by atoms with Crippen LogP contribution in [0.1, 0.15) is 0 Å². The number of sulfonamides is 1. The van der Waals surface area contributed by atoms with Gasteiger partial charge in [0.15, 0.2) is 0 Å². The van der Waals surface area contributed by atoms with Crippen LogP contribution in [0.5, 0.6) is 0 Å². The van der Waals surface area contributed by atoms with Crippen molar-refractivity contribution in [3.63, 3.8) is 0 Å². The van der Waals surface area contributed by atoms with E-state index in [0.717, 1.165) is 4.31 Å². The summed E-state index contributed by atoms with van der Waals surface area (Å²) in [6, 6.07) is 1.44. The molecule has 0 bridgehead atoms. The van der Waals surface area contributed by atoms with Gasteiger partial charge >= 0.3 is 0 Å². The average Bonchev–Trinajstić information content (AvgIpc) is 2.18. The molecule has 0 N–H and O–H groups in total. The fourth-order valence-corrected chi connectivity index (χ4v) is 2.54. The molecule has 0 fully saturated rings. The van der Waals surface area contributed by atoms with Crippen LogP contribution < -0.4 is 0 Å². The predicted octanol–water partition coefficient (Wildman–Crippen LogP) is 1.54. The van der Waals surface area contributed by atoms with Crippen molar-refractivity contribution in [3.05, 3.63) is 36.1 Å². The molecular formula is C9H11ClN2O2S. The van der Waals surface area contributed by atoms with Crippen LogP contribution in [0.25, 0.3) is 0 Å². The van der Waals surface area contributed by atoms with Gasteiger partial charge in [-0.15, -0.1) is 6.58 Å². The highest BCUT2D eigenvalue weighted by molar-refractivity contribution is 7.89. The van der Waals surface area contributed by atoms with Crippen LogP contribution in [0, 0.1) is 0 Å². The largest absolute Gasteiger partial charge is 0.263 e. The number of halogens is 1. The van der Waals surface area contributed by atoms with Crippen molar-refractivity contribution in [1.82, 2.24) is 9.29 Å². The molecule has 1 rings (SSSR count). The monoisotopic (exact) mass is 246 g/mol. The number of nitrogens with zero attached hydrogens (tertiary/aromatic N) is 2. The third-order valence-electron chi connectivity index (χ3n) is 1.81. The van der Waals surface area contributed by atoms with Crippen molar-refractivity contribution in [2.24, 2.45) is 0 Å². The van der Waals surface area contributed by atoms with Gasteiger partial charge in [0.2, 0.25) is 10.0 Å². The lowest BCUT2D eigenvalue weighted by Gasteiger charge is -2.15. The van der Waals surface area contributed by atoms with Gasteiger partial charge in [0, 0.05) is 26.0 Å². The Balaban J connectivity index is 3.17. The maximum absolute atomic E-state index is 11.9. The van der Waals surface area contributed by atoms with Gasteiger partial charge in [0.1, 0.15) is 4.90 Å². The van der Waals surface area contributed by atoms with E-state index in [1.807, 2.05) is 0 Å². The molecule has 0 saturated carbocycles. The predicted molar refractivity (Wildman–Crippen MR) is 59.3 cm³/mol. The minimum atomic E-state index is -3.56. The molecule has 0 aliphatic carbocycles. The molecule has 1 aromatic rings. The van der Waals surface area contributed by atoms with E-state index >= 15 is 0 Å². The minimum Gasteiger partial charge on any atom is -0.263 e. The second-order valence-electron chi connectivity index (χ2n) is 2.88. The van der Waals surface area contributed by atoms with Gasteiger partial charge in [-0.25, -0.2) is 8.42 Å². The molecule has 1 aromatic heterocycles. The molecular weight excluding hydrogens is 236 g/mol. The summed E-state index contributed by atoms with van der Waals surface area (Å²) in [5.74, 6) is 0. The average molecular weight is 247 g/mol. The molecule has 0 spiro atoms. The number of rotatable bonds is 4. The summed E-state index contributed by atoms with van der Waals surface area (Å²) in [7, 11) is -2.11. The SMILES string of the molecule is C=CCN(C)S(=O)(=O)c1cnccc1Cl. The van der Waals surface area contributed by atoms with Crippen molar-refractivity contribution >= 4 is 21.6 Å². The zero-order valence-corrected chi connectivity index (χ0v) is 9.79. The van der Waals surface area contributed by atoms with E-state index in [4.69, 9.17) is 11.6 Å². The Hall–Kier alpha value is -0.910. The van der Waals surface area contributed by atoms with E-state index in [1.165, 1.54) is 31.6 Å². The molecule has 0 aromatic carbocycles. The Morgan fingerprint density at radius 3 is 2.87 bits per heavy atom. The van der Waals surface area contributed by atoms with Crippen LogP contribution in [0.2, 0.25) is 5.02 Å². The van der Waals surface area contributed by atoms with Gasteiger partial charge in [-0.2, -0.15) is 4.31 Å². The van der Waals surface area contributed by atoms with Crippen LogP contribution >= 0.6 is 11.6 Å². The molecule has 0 unspecified atom stereocenters. The molecule has 1 heterocycles. The summed E-state index contributed by atoms with van der Waals surface area (Å²) in [6.45, 7) is 3.71. The molecule has 0 atom stereocenters. The zero-order chi connectivity index (χ0) is 11.5. The lowest BCUT2D eigenvalue weighted by atomic mass is 10.5. The quantitative estimate of drug-likeness (QED) is 0.758. The first-order valence-corrected chi connectivity index (χ1v) is 5.98. The molecule has 0 amide bonds. The Kier molecular flexibility index (Phi) is 3.84. The lowest BCUT2D eigenvalue weighted by Crippen LogP contribution is -2.27. The first-order chi connectivity index (χ1) is 7.00. The van der Waals surface area contributed by atoms with Crippen LogP contribution in [0.4, 0.5) is 0 Å². The molecule has 6 heteroatoms. The highest BCUT2D eigenvalue weighted by Crippen LogP contribution is 2.21. The topological polar surface area (TPSA) is 50.3 Å². The molecule has 0 aliphatic rings.